The van der Waals surface area contributed by atoms with E-state index in [2.05, 4.69) is 72.6 Å². The lowest BCUT2D eigenvalue weighted by atomic mass is 9.76. The van der Waals surface area contributed by atoms with Crippen molar-refractivity contribution in [1.29, 1.82) is 0 Å². The van der Waals surface area contributed by atoms with E-state index in [0.717, 1.165) is 11.6 Å². The van der Waals surface area contributed by atoms with Crippen LogP contribution in [0.3, 0.4) is 0 Å². The van der Waals surface area contributed by atoms with Gasteiger partial charge in [0, 0.05) is 26.3 Å². The van der Waals surface area contributed by atoms with E-state index in [1.165, 1.54) is 30.5 Å². The molecule has 0 aliphatic heterocycles. The number of rotatable bonds is 4. The van der Waals surface area contributed by atoms with Crippen LogP contribution in [-0.4, -0.2) is 25.1 Å². The Kier molecular flexibility index (Phi) is 4.85. The minimum atomic E-state index is 0.506. The summed E-state index contributed by atoms with van der Waals surface area (Å²) in [6.07, 6.45) is 7.51. The van der Waals surface area contributed by atoms with E-state index < -0.39 is 0 Å². The number of hydrogen-bond acceptors (Lipinski definition) is 3. The Labute approximate surface area is 139 Å². The smallest absolute Gasteiger partial charge is 0.0766 e. The van der Waals surface area contributed by atoms with E-state index in [4.69, 9.17) is 0 Å². The largest absolute Gasteiger partial charge is 0.379 e. The third kappa shape index (κ3) is 3.84. The first kappa shape index (κ1) is 15.9. The van der Waals surface area contributed by atoms with Gasteiger partial charge in [-0.2, -0.15) is 0 Å². The second kappa shape index (κ2) is 7.03. The lowest BCUT2D eigenvalue weighted by Gasteiger charge is -2.35. The van der Waals surface area contributed by atoms with Crippen LogP contribution in [0.1, 0.15) is 37.7 Å². The first-order valence-corrected chi connectivity index (χ1v) is 8.56. The minimum Gasteiger partial charge on any atom is -0.379 e. The number of pyridine rings is 1. The molecule has 2 aromatic rings. The van der Waals surface area contributed by atoms with Gasteiger partial charge >= 0.3 is 0 Å². The van der Waals surface area contributed by atoms with Crippen LogP contribution in [-0.2, 0) is 0 Å². The van der Waals surface area contributed by atoms with Crippen LogP contribution in [0.5, 0.6) is 0 Å². The molecule has 23 heavy (non-hydrogen) atoms. The average molecular weight is 309 g/mol. The predicted molar refractivity (Wildman–Crippen MR) is 98.2 cm³/mol. The molecule has 1 aliphatic carbocycles. The van der Waals surface area contributed by atoms with Gasteiger partial charge in [-0.25, -0.2) is 0 Å². The zero-order chi connectivity index (χ0) is 16.2. The van der Waals surface area contributed by atoms with Gasteiger partial charge in [-0.3, -0.25) is 4.98 Å². The van der Waals surface area contributed by atoms with Crippen LogP contribution < -0.4 is 10.2 Å². The molecule has 1 heterocycles. The van der Waals surface area contributed by atoms with Crippen molar-refractivity contribution in [2.24, 2.45) is 5.92 Å². The van der Waals surface area contributed by atoms with Crippen LogP contribution in [0.2, 0.25) is 0 Å². The summed E-state index contributed by atoms with van der Waals surface area (Å²) in [5.41, 5.74) is 3.82. The van der Waals surface area contributed by atoms with Gasteiger partial charge in [-0.05, 0) is 42.7 Å². The zero-order valence-corrected chi connectivity index (χ0v) is 14.4. The van der Waals surface area contributed by atoms with Crippen LogP contribution >= 0.6 is 0 Å². The van der Waals surface area contributed by atoms with E-state index in [-0.39, 0.29) is 0 Å². The first-order chi connectivity index (χ1) is 11.1. The molecule has 1 N–H and O–H groups in total. The summed E-state index contributed by atoms with van der Waals surface area (Å²) in [5, 5.41) is 3.76. The highest BCUT2D eigenvalue weighted by Crippen LogP contribution is 2.38. The fraction of sp³-hybridized carbons (Fsp3) is 0.450. The van der Waals surface area contributed by atoms with Crippen molar-refractivity contribution >= 4 is 11.4 Å². The normalized spacial score (nSPS) is 24.2. The minimum absolute atomic E-state index is 0.506. The number of nitrogens with zero attached hydrogens (tertiary/aromatic N) is 2. The van der Waals surface area contributed by atoms with Crippen LogP contribution in [0, 0.1) is 5.92 Å². The maximum Gasteiger partial charge on any atom is 0.0766 e. The molecule has 122 valence electrons. The van der Waals surface area contributed by atoms with Crippen LogP contribution in [0.4, 0.5) is 11.4 Å². The van der Waals surface area contributed by atoms with Gasteiger partial charge in [0.1, 0.15) is 0 Å². The molecule has 3 unspecified atom stereocenters. The van der Waals surface area contributed by atoms with Gasteiger partial charge in [0.25, 0.3) is 0 Å². The third-order valence-electron chi connectivity index (χ3n) is 4.85. The van der Waals surface area contributed by atoms with E-state index in [1.54, 1.807) is 0 Å². The molecule has 1 aromatic carbocycles. The van der Waals surface area contributed by atoms with Crippen molar-refractivity contribution in [3.05, 3.63) is 54.4 Å². The van der Waals surface area contributed by atoms with Crippen molar-refractivity contribution < 1.29 is 0 Å². The van der Waals surface area contributed by atoms with Crippen LogP contribution in [0.15, 0.2) is 48.8 Å². The molecule has 1 fully saturated rings. The Bertz CT molecular complexity index is 624. The Morgan fingerprint density at radius 1 is 1.04 bits per heavy atom. The molecule has 1 saturated carbocycles. The molecule has 0 spiro atoms. The van der Waals surface area contributed by atoms with Crippen LogP contribution in [0.25, 0.3) is 0 Å². The Balaban J connectivity index is 1.75. The standard InChI is InChI=1S/C20H27N3/c1-15-11-17(16-7-5-4-6-8-16)13-18(12-15)22-19-14-21-10-9-20(19)23(2)3/h4-10,14-15,17-18,22H,11-13H2,1-3H3. The Hall–Kier alpha value is -2.03. The summed E-state index contributed by atoms with van der Waals surface area (Å²) in [5.74, 6) is 1.39. The highest BCUT2D eigenvalue weighted by Gasteiger charge is 2.28. The zero-order valence-electron chi connectivity index (χ0n) is 14.4. The Morgan fingerprint density at radius 3 is 2.57 bits per heavy atom. The first-order valence-electron chi connectivity index (χ1n) is 8.56. The van der Waals surface area contributed by atoms with Gasteiger partial charge in [0.2, 0.25) is 0 Å². The van der Waals surface area contributed by atoms with E-state index in [0.29, 0.717) is 12.0 Å². The summed E-state index contributed by atoms with van der Waals surface area (Å²) < 4.78 is 0. The van der Waals surface area contributed by atoms with Crippen molar-refractivity contribution in [3.8, 4) is 0 Å². The monoisotopic (exact) mass is 309 g/mol. The van der Waals surface area contributed by atoms with Gasteiger partial charge in [0.15, 0.2) is 0 Å². The molecule has 0 radical (unpaired) electrons. The average Bonchev–Trinajstić information content (AvgIpc) is 2.55. The van der Waals surface area contributed by atoms with Crippen molar-refractivity contribution in [2.45, 2.75) is 38.1 Å². The summed E-state index contributed by atoms with van der Waals surface area (Å²) >= 11 is 0. The molecule has 0 bridgehead atoms. The van der Waals surface area contributed by atoms with E-state index in [1.807, 2.05) is 12.4 Å². The molecule has 0 amide bonds. The molecule has 3 rings (SSSR count). The molecular formula is C20H27N3. The predicted octanol–water partition coefficient (Wildman–Crippen LogP) is 4.53. The number of benzene rings is 1. The highest BCUT2D eigenvalue weighted by molar-refractivity contribution is 5.68. The number of nitrogens with one attached hydrogen (secondary N) is 1. The summed E-state index contributed by atoms with van der Waals surface area (Å²) in [6.45, 7) is 2.37. The van der Waals surface area contributed by atoms with Crippen molar-refractivity contribution in [3.63, 3.8) is 0 Å². The highest BCUT2D eigenvalue weighted by atomic mass is 15.1. The molecular weight excluding hydrogens is 282 g/mol. The Morgan fingerprint density at radius 2 is 1.83 bits per heavy atom. The number of anilines is 2. The van der Waals surface area contributed by atoms with Crippen molar-refractivity contribution in [1.82, 2.24) is 4.98 Å². The molecule has 1 aromatic heterocycles. The van der Waals surface area contributed by atoms with Crippen molar-refractivity contribution in [2.75, 3.05) is 24.3 Å². The van der Waals surface area contributed by atoms with Gasteiger partial charge in [-0.1, -0.05) is 37.3 Å². The molecule has 1 aliphatic rings. The SMILES string of the molecule is CC1CC(Nc2cnccc2N(C)C)CC(c2ccccc2)C1. The maximum atomic E-state index is 4.30. The summed E-state index contributed by atoms with van der Waals surface area (Å²) in [4.78, 5) is 6.44. The fourth-order valence-corrected chi connectivity index (χ4v) is 3.83. The second-order valence-electron chi connectivity index (χ2n) is 7.05. The molecule has 3 atom stereocenters. The molecule has 3 nitrogen and oxygen atoms in total. The summed E-state index contributed by atoms with van der Waals surface area (Å²) in [7, 11) is 4.16. The lowest BCUT2D eigenvalue weighted by molar-refractivity contribution is 0.321. The number of hydrogen-bond donors (Lipinski definition) is 1. The van der Waals surface area contributed by atoms with Gasteiger partial charge in [-0.15, -0.1) is 0 Å². The maximum absolute atomic E-state index is 4.30. The molecule has 3 heteroatoms. The van der Waals surface area contributed by atoms with E-state index >= 15 is 0 Å². The molecule has 0 saturated heterocycles. The number of aromatic nitrogens is 1. The topological polar surface area (TPSA) is 28.2 Å². The van der Waals surface area contributed by atoms with E-state index in [9.17, 15) is 0 Å². The lowest BCUT2D eigenvalue weighted by Crippen LogP contribution is -2.31. The van der Waals surface area contributed by atoms with Gasteiger partial charge < -0.3 is 10.2 Å². The van der Waals surface area contributed by atoms with Gasteiger partial charge in [0.05, 0.1) is 17.6 Å². The third-order valence-corrected chi connectivity index (χ3v) is 4.85. The second-order valence-corrected chi connectivity index (χ2v) is 7.05. The summed E-state index contributed by atoms with van der Waals surface area (Å²) in [6, 6.07) is 13.5. The quantitative estimate of drug-likeness (QED) is 0.899. The fourth-order valence-electron chi connectivity index (χ4n) is 3.83.